The molecule has 16 heavy (non-hydrogen) atoms. The molecule has 6 heteroatoms. The maximum Gasteiger partial charge on any atom is 0.148 e. The number of rotatable bonds is 4. The molecule has 0 fully saturated rings. The van der Waals surface area contributed by atoms with Crippen molar-refractivity contribution in [1.29, 1.82) is 0 Å². The van der Waals surface area contributed by atoms with Crippen LogP contribution >= 0.6 is 11.6 Å². The van der Waals surface area contributed by atoms with Gasteiger partial charge in [0.1, 0.15) is 15.7 Å². The maximum atomic E-state index is 12.9. The number of halogens is 2. The van der Waals surface area contributed by atoms with Crippen molar-refractivity contribution in [2.24, 2.45) is 5.73 Å². The lowest BCUT2D eigenvalue weighted by Gasteiger charge is -2.11. The molecule has 1 atom stereocenters. The van der Waals surface area contributed by atoms with Crippen molar-refractivity contribution in [3.05, 3.63) is 34.6 Å². The van der Waals surface area contributed by atoms with E-state index in [0.29, 0.717) is 10.6 Å². The molecular weight excluding hydrogens is 253 g/mol. The first-order chi connectivity index (χ1) is 7.28. The second-order valence-corrected chi connectivity index (χ2v) is 6.38. The Bertz CT molecular complexity index is 476. The van der Waals surface area contributed by atoms with Gasteiger partial charge in [-0.15, -0.1) is 0 Å². The summed E-state index contributed by atoms with van der Waals surface area (Å²) >= 11 is 5.84. The SMILES string of the molecule is CS(=O)(=O)CC(N)Cc1cc(F)ccc1Cl. The minimum absolute atomic E-state index is 0.139. The smallest absolute Gasteiger partial charge is 0.148 e. The van der Waals surface area contributed by atoms with Gasteiger partial charge in [-0.2, -0.15) is 0 Å². The van der Waals surface area contributed by atoms with Crippen molar-refractivity contribution in [3.8, 4) is 0 Å². The Morgan fingerprint density at radius 1 is 1.50 bits per heavy atom. The molecule has 1 aromatic carbocycles. The summed E-state index contributed by atoms with van der Waals surface area (Å²) in [5.74, 6) is -0.550. The van der Waals surface area contributed by atoms with E-state index in [9.17, 15) is 12.8 Å². The third kappa shape index (κ3) is 4.47. The van der Waals surface area contributed by atoms with Crippen LogP contribution in [0.4, 0.5) is 4.39 Å². The van der Waals surface area contributed by atoms with Gasteiger partial charge in [-0.05, 0) is 30.2 Å². The highest BCUT2D eigenvalue weighted by Gasteiger charge is 2.13. The van der Waals surface area contributed by atoms with Crippen LogP contribution < -0.4 is 5.73 Å². The molecule has 0 spiro atoms. The lowest BCUT2D eigenvalue weighted by atomic mass is 10.1. The first kappa shape index (κ1) is 13.4. The summed E-state index contributed by atoms with van der Waals surface area (Å²) in [6, 6.07) is 3.37. The zero-order valence-electron chi connectivity index (χ0n) is 8.78. The molecule has 0 aromatic heterocycles. The normalized spacial score (nSPS) is 13.8. The standard InChI is InChI=1S/C10H13ClFNO2S/c1-16(14,15)6-9(13)5-7-4-8(12)2-3-10(7)11/h2-4,9H,5-6,13H2,1H3. The van der Waals surface area contributed by atoms with Crippen molar-refractivity contribution in [3.63, 3.8) is 0 Å². The Morgan fingerprint density at radius 2 is 2.12 bits per heavy atom. The van der Waals surface area contributed by atoms with Crippen LogP contribution in [0.15, 0.2) is 18.2 Å². The van der Waals surface area contributed by atoms with E-state index in [1.54, 1.807) is 0 Å². The zero-order chi connectivity index (χ0) is 12.3. The molecule has 0 amide bonds. The molecule has 0 saturated carbocycles. The zero-order valence-corrected chi connectivity index (χ0v) is 10.4. The Labute approximate surface area is 99.3 Å². The molecule has 1 aromatic rings. The second kappa shape index (κ2) is 5.12. The van der Waals surface area contributed by atoms with Crippen LogP contribution in [0.2, 0.25) is 5.02 Å². The van der Waals surface area contributed by atoms with Crippen molar-refractivity contribution in [1.82, 2.24) is 0 Å². The maximum absolute atomic E-state index is 12.9. The van der Waals surface area contributed by atoms with Gasteiger partial charge in [-0.1, -0.05) is 11.6 Å². The summed E-state index contributed by atoms with van der Waals surface area (Å²) in [4.78, 5) is 0. The summed E-state index contributed by atoms with van der Waals surface area (Å²) in [7, 11) is -3.13. The van der Waals surface area contributed by atoms with Gasteiger partial charge in [-0.3, -0.25) is 0 Å². The predicted molar refractivity (Wildman–Crippen MR) is 62.8 cm³/mol. The minimum Gasteiger partial charge on any atom is -0.326 e. The number of hydrogen-bond donors (Lipinski definition) is 1. The van der Waals surface area contributed by atoms with Crippen molar-refractivity contribution < 1.29 is 12.8 Å². The molecule has 3 nitrogen and oxygen atoms in total. The third-order valence-corrected chi connectivity index (χ3v) is 3.41. The van der Waals surface area contributed by atoms with E-state index < -0.39 is 21.7 Å². The van der Waals surface area contributed by atoms with Gasteiger partial charge in [-0.25, -0.2) is 12.8 Å². The number of sulfone groups is 1. The topological polar surface area (TPSA) is 60.2 Å². The van der Waals surface area contributed by atoms with Crippen molar-refractivity contribution >= 4 is 21.4 Å². The molecule has 1 unspecified atom stereocenters. The lowest BCUT2D eigenvalue weighted by molar-refractivity contribution is 0.590. The summed E-state index contributed by atoms with van der Waals surface area (Å²) in [5.41, 5.74) is 6.18. The van der Waals surface area contributed by atoms with Crippen LogP contribution in [0.5, 0.6) is 0 Å². The largest absolute Gasteiger partial charge is 0.326 e. The first-order valence-electron chi connectivity index (χ1n) is 4.65. The van der Waals surface area contributed by atoms with E-state index in [4.69, 9.17) is 17.3 Å². The number of nitrogens with two attached hydrogens (primary N) is 1. The highest BCUT2D eigenvalue weighted by atomic mass is 35.5. The van der Waals surface area contributed by atoms with Gasteiger partial charge < -0.3 is 5.73 Å². The monoisotopic (exact) mass is 265 g/mol. The Kier molecular flexibility index (Phi) is 4.29. The molecule has 90 valence electrons. The van der Waals surface area contributed by atoms with Gasteiger partial charge >= 0.3 is 0 Å². The van der Waals surface area contributed by atoms with Crippen LogP contribution in [0.25, 0.3) is 0 Å². The second-order valence-electron chi connectivity index (χ2n) is 3.79. The van der Waals surface area contributed by atoms with Crippen molar-refractivity contribution in [2.75, 3.05) is 12.0 Å². The average Bonchev–Trinajstić information content (AvgIpc) is 2.08. The van der Waals surface area contributed by atoms with Gasteiger partial charge in [0, 0.05) is 17.3 Å². The van der Waals surface area contributed by atoms with E-state index in [0.717, 1.165) is 6.26 Å². The quantitative estimate of drug-likeness (QED) is 0.895. The summed E-state index contributed by atoms with van der Waals surface area (Å²) in [6.07, 6.45) is 1.35. The molecule has 0 aliphatic rings. The molecule has 0 radical (unpaired) electrons. The molecule has 1 rings (SSSR count). The van der Waals surface area contributed by atoms with Crippen LogP contribution in [0.3, 0.4) is 0 Å². The Hall–Kier alpha value is -0.650. The lowest BCUT2D eigenvalue weighted by Crippen LogP contribution is -2.31. The number of hydrogen-bond acceptors (Lipinski definition) is 3. The van der Waals surface area contributed by atoms with Crippen molar-refractivity contribution in [2.45, 2.75) is 12.5 Å². The van der Waals surface area contributed by atoms with E-state index in [-0.39, 0.29) is 12.2 Å². The molecule has 0 aliphatic heterocycles. The van der Waals surface area contributed by atoms with Gasteiger partial charge in [0.2, 0.25) is 0 Å². The molecule has 2 N–H and O–H groups in total. The summed E-state index contributed by atoms with van der Waals surface area (Å²) < 4.78 is 34.9. The van der Waals surface area contributed by atoms with Gasteiger partial charge in [0.25, 0.3) is 0 Å². The number of benzene rings is 1. The minimum atomic E-state index is -3.13. The molecular formula is C10H13ClFNO2S. The third-order valence-electron chi connectivity index (χ3n) is 2.01. The van der Waals surface area contributed by atoms with Crippen LogP contribution in [-0.2, 0) is 16.3 Å². The fourth-order valence-electron chi connectivity index (χ4n) is 1.43. The van der Waals surface area contributed by atoms with E-state index in [2.05, 4.69) is 0 Å². The fourth-order valence-corrected chi connectivity index (χ4v) is 2.52. The Balaban J connectivity index is 2.77. The molecule has 0 heterocycles. The summed E-state index contributed by atoms with van der Waals surface area (Å²) in [5, 5.41) is 0.394. The Morgan fingerprint density at radius 3 is 2.69 bits per heavy atom. The highest BCUT2D eigenvalue weighted by Crippen LogP contribution is 2.18. The molecule has 0 aliphatic carbocycles. The van der Waals surface area contributed by atoms with E-state index in [1.807, 2.05) is 0 Å². The average molecular weight is 266 g/mol. The van der Waals surface area contributed by atoms with Crippen LogP contribution in [-0.4, -0.2) is 26.5 Å². The van der Waals surface area contributed by atoms with Gasteiger partial charge in [0.05, 0.1) is 5.75 Å². The van der Waals surface area contributed by atoms with Crippen LogP contribution in [0.1, 0.15) is 5.56 Å². The molecule has 0 bridgehead atoms. The fraction of sp³-hybridized carbons (Fsp3) is 0.400. The van der Waals surface area contributed by atoms with E-state index in [1.165, 1.54) is 18.2 Å². The first-order valence-corrected chi connectivity index (χ1v) is 7.09. The van der Waals surface area contributed by atoms with Gasteiger partial charge in [0.15, 0.2) is 0 Å². The highest BCUT2D eigenvalue weighted by molar-refractivity contribution is 7.90. The predicted octanol–water partition coefficient (Wildman–Crippen LogP) is 1.39. The van der Waals surface area contributed by atoms with Crippen LogP contribution in [0, 0.1) is 5.82 Å². The molecule has 0 saturated heterocycles. The van der Waals surface area contributed by atoms with E-state index >= 15 is 0 Å². The summed E-state index contributed by atoms with van der Waals surface area (Å²) in [6.45, 7) is 0.